The van der Waals surface area contributed by atoms with Gasteiger partial charge >= 0.3 is 0 Å². The summed E-state index contributed by atoms with van der Waals surface area (Å²) in [6.45, 7) is 1.44. The molecule has 3 N–H and O–H groups in total. The number of anilines is 1. The van der Waals surface area contributed by atoms with Crippen LogP contribution in [0.1, 0.15) is 15.9 Å². The first-order chi connectivity index (χ1) is 8.36. The molecule has 0 heterocycles. The van der Waals surface area contributed by atoms with Gasteiger partial charge in [-0.2, -0.15) is 0 Å². The van der Waals surface area contributed by atoms with Crippen molar-refractivity contribution in [1.29, 1.82) is 0 Å². The number of benzene rings is 1. The third-order valence-electron chi connectivity index (χ3n) is 2.64. The summed E-state index contributed by atoms with van der Waals surface area (Å²) < 4.78 is 13.5. The maximum Gasteiger partial charge on any atom is 0.254 e. The van der Waals surface area contributed by atoms with Crippen LogP contribution in [-0.4, -0.2) is 37.4 Å². The van der Waals surface area contributed by atoms with Crippen molar-refractivity contribution in [3.63, 3.8) is 0 Å². The lowest BCUT2D eigenvalue weighted by Crippen LogP contribution is -2.37. The van der Waals surface area contributed by atoms with E-state index in [4.69, 9.17) is 5.73 Å². The summed E-state index contributed by atoms with van der Waals surface area (Å²) in [7, 11) is 2.94. The number of rotatable bonds is 3. The van der Waals surface area contributed by atoms with E-state index < -0.39 is 11.7 Å². The van der Waals surface area contributed by atoms with Crippen molar-refractivity contribution in [1.82, 2.24) is 10.2 Å². The van der Waals surface area contributed by atoms with Crippen LogP contribution in [0.4, 0.5) is 10.1 Å². The van der Waals surface area contributed by atoms with Gasteiger partial charge in [-0.3, -0.25) is 9.59 Å². The number of carbonyl (C=O) groups excluding carboxylic acids is 2. The minimum absolute atomic E-state index is 0.0925. The average Bonchev–Trinajstić information content (AvgIpc) is 2.33. The second-order valence-electron chi connectivity index (χ2n) is 4.01. The third-order valence-corrected chi connectivity index (χ3v) is 2.64. The first-order valence-electron chi connectivity index (χ1n) is 5.38. The molecule has 1 aromatic rings. The quantitative estimate of drug-likeness (QED) is 0.772. The normalized spacial score (nSPS) is 10.0. The van der Waals surface area contributed by atoms with Crippen LogP contribution in [-0.2, 0) is 4.79 Å². The highest BCUT2D eigenvalue weighted by molar-refractivity contribution is 5.97. The van der Waals surface area contributed by atoms with Gasteiger partial charge in [0.25, 0.3) is 5.91 Å². The molecule has 0 aliphatic rings. The molecule has 1 aromatic carbocycles. The van der Waals surface area contributed by atoms with Crippen molar-refractivity contribution in [2.24, 2.45) is 0 Å². The Morgan fingerprint density at radius 2 is 2.06 bits per heavy atom. The minimum atomic E-state index is -0.535. The van der Waals surface area contributed by atoms with E-state index in [0.717, 1.165) is 6.07 Å². The topological polar surface area (TPSA) is 75.4 Å². The summed E-state index contributed by atoms with van der Waals surface area (Å²) in [5, 5.41) is 2.40. The first kappa shape index (κ1) is 14.0. The summed E-state index contributed by atoms with van der Waals surface area (Å²) in [4.78, 5) is 24.3. The number of nitrogens with two attached hydrogens (primary N) is 1. The lowest BCUT2D eigenvalue weighted by molar-refractivity contribution is -0.121. The molecule has 0 atom stereocenters. The highest BCUT2D eigenvalue weighted by atomic mass is 19.1. The number of likely N-dealkylation sites (N-methyl/N-ethyl adjacent to an activating group) is 2. The Hall–Kier alpha value is -2.11. The van der Waals surface area contributed by atoms with E-state index in [1.807, 2.05) is 0 Å². The smallest absolute Gasteiger partial charge is 0.254 e. The van der Waals surface area contributed by atoms with Gasteiger partial charge in [0.15, 0.2) is 0 Å². The van der Waals surface area contributed by atoms with Crippen molar-refractivity contribution < 1.29 is 14.0 Å². The van der Waals surface area contributed by atoms with E-state index >= 15 is 0 Å². The zero-order chi connectivity index (χ0) is 13.9. The van der Waals surface area contributed by atoms with E-state index in [0.29, 0.717) is 5.56 Å². The van der Waals surface area contributed by atoms with Gasteiger partial charge in [0.05, 0.1) is 6.54 Å². The van der Waals surface area contributed by atoms with Crippen molar-refractivity contribution >= 4 is 17.5 Å². The second kappa shape index (κ2) is 5.48. The highest BCUT2D eigenvalue weighted by Crippen LogP contribution is 2.18. The maximum absolute atomic E-state index is 13.5. The van der Waals surface area contributed by atoms with Gasteiger partial charge in [0, 0.05) is 30.9 Å². The molecular formula is C12H16FN3O2. The lowest BCUT2D eigenvalue weighted by Gasteiger charge is -2.16. The lowest BCUT2D eigenvalue weighted by atomic mass is 10.1. The number of hydrogen-bond donors (Lipinski definition) is 2. The van der Waals surface area contributed by atoms with Crippen LogP contribution >= 0.6 is 0 Å². The molecule has 18 heavy (non-hydrogen) atoms. The van der Waals surface area contributed by atoms with Crippen LogP contribution in [0.25, 0.3) is 0 Å². The number of hydrogen-bond acceptors (Lipinski definition) is 3. The zero-order valence-electron chi connectivity index (χ0n) is 10.6. The van der Waals surface area contributed by atoms with E-state index in [2.05, 4.69) is 5.32 Å². The Labute approximate surface area is 105 Å². The average molecular weight is 253 g/mol. The Kier molecular flexibility index (Phi) is 4.25. The van der Waals surface area contributed by atoms with Crippen molar-refractivity contribution in [2.75, 3.05) is 26.4 Å². The Balaban J connectivity index is 2.94. The number of amides is 2. The number of nitrogens with zero attached hydrogens (tertiary/aromatic N) is 1. The predicted molar refractivity (Wildman–Crippen MR) is 66.6 cm³/mol. The summed E-state index contributed by atoms with van der Waals surface area (Å²) in [5.41, 5.74) is 6.24. The molecule has 0 bridgehead atoms. The maximum atomic E-state index is 13.5. The monoisotopic (exact) mass is 253 g/mol. The standard InChI is InChI=1S/C12H16FN3O2/c1-7-9(13)4-8(5-10(7)14)12(18)16(3)6-11(17)15-2/h4-5H,6,14H2,1-3H3,(H,15,17). The first-order valence-corrected chi connectivity index (χ1v) is 5.38. The van der Waals surface area contributed by atoms with Crippen molar-refractivity contribution in [2.45, 2.75) is 6.92 Å². The van der Waals surface area contributed by atoms with Gasteiger partial charge in [0.1, 0.15) is 5.82 Å². The Morgan fingerprint density at radius 1 is 1.44 bits per heavy atom. The molecule has 0 aromatic heterocycles. The molecule has 2 amide bonds. The molecule has 0 unspecified atom stereocenters. The third kappa shape index (κ3) is 2.97. The van der Waals surface area contributed by atoms with Crippen LogP contribution in [0.2, 0.25) is 0 Å². The van der Waals surface area contributed by atoms with Gasteiger partial charge in [-0.25, -0.2) is 4.39 Å². The molecule has 1 rings (SSSR count). The number of nitrogens with one attached hydrogen (secondary N) is 1. The van der Waals surface area contributed by atoms with Crippen LogP contribution in [0.15, 0.2) is 12.1 Å². The summed E-state index contributed by atoms with van der Waals surface area (Å²) >= 11 is 0. The van der Waals surface area contributed by atoms with Gasteiger partial charge < -0.3 is 16.0 Å². The van der Waals surface area contributed by atoms with Gasteiger partial charge in [-0.1, -0.05) is 0 Å². The van der Waals surface area contributed by atoms with E-state index in [9.17, 15) is 14.0 Å². The fourth-order valence-electron chi connectivity index (χ4n) is 1.41. The van der Waals surface area contributed by atoms with E-state index in [-0.39, 0.29) is 23.7 Å². The number of halogens is 1. The molecule has 0 spiro atoms. The van der Waals surface area contributed by atoms with Crippen LogP contribution < -0.4 is 11.1 Å². The van der Waals surface area contributed by atoms with Crippen LogP contribution in [0.5, 0.6) is 0 Å². The summed E-state index contributed by atoms with van der Waals surface area (Å²) in [6.07, 6.45) is 0. The summed E-state index contributed by atoms with van der Waals surface area (Å²) in [6, 6.07) is 2.52. The molecule has 0 saturated carbocycles. The van der Waals surface area contributed by atoms with Crippen LogP contribution in [0, 0.1) is 12.7 Å². The van der Waals surface area contributed by atoms with Crippen molar-refractivity contribution in [3.8, 4) is 0 Å². The molecule has 0 saturated heterocycles. The molecule has 5 nitrogen and oxygen atoms in total. The van der Waals surface area contributed by atoms with Gasteiger partial charge in [-0.15, -0.1) is 0 Å². The fraction of sp³-hybridized carbons (Fsp3) is 0.333. The van der Waals surface area contributed by atoms with Crippen molar-refractivity contribution in [3.05, 3.63) is 29.1 Å². The molecule has 98 valence electrons. The van der Waals surface area contributed by atoms with E-state index in [1.54, 1.807) is 0 Å². The number of carbonyl (C=O) groups is 2. The predicted octanol–water partition coefficient (Wildman–Crippen LogP) is 0.534. The molecule has 0 fully saturated rings. The minimum Gasteiger partial charge on any atom is -0.398 e. The largest absolute Gasteiger partial charge is 0.398 e. The number of nitrogen functional groups attached to an aromatic ring is 1. The Bertz CT molecular complexity index is 465. The molecular weight excluding hydrogens is 237 g/mol. The van der Waals surface area contributed by atoms with E-state index in [1.165, 1.54) is 32.0 Å². The highest BCUT2D eigenvalue weighted by Gasteiger charge is 2.16. The zero-order valence-corrected chi connectivity index (χ0v) is 10.6. The SMILES string of the molecule is CNC(=O)CN(C)C(=O)c1cc(N)c(C)c(F)c1. The molecule has 0 aliphatic carbocycles. The molecule has 6 heteroatoms. The van der Waals surface area contributed by atoms with Crippen LogP contribution in [0.3, 0.4) is 0 Å². The summed E-state index contributed by atoms with van der Waals surface area (Å²) in [5.74, 6) is -1.29. The second-order valence-corrected chi connectivity index (χ2v) is 4.01. The van der Waals surface area contributed by atoms with Gasteiger partial charge in [-0.05, 0) is 19.1 Å². The molecule has 0 radical (unpaired) electrons. The fourth-order valence-corrected chi connectivity index (χ4v) is 1.41. The van der Waals surface area contributed by atoms with Gasteiger partial charge in [0.2, 0.25) is 5.91 Å². The Morgan fingerprint density at radius 3 is 2.56 bits per heavy atom. The molecule has 0 aliphatic heterocycles.